The zero-order valence-corrected chi connectivity index (χ0v) is 15.8. The van der Waals surface area contributed by atoms with E-state index in [4.69, 9.17) is 0 Å². The van der Waals surface area contributed by atoms with Crippen molar-refractivity contribution in [2.75, 3.05) is 12.3 Å². The Morgan fingerprint density at radius 1 is 1.04 bits per heavy atom. The summed E-state index contributed by atoms with van der Waals surface area (Å²) in [7, 11) is 0. The first kappa shape index (κ1) is 18.9. The zero-order valence-electron chi connectivity index (χ0n) is 15.0. The molecule has 7 nitrogen and oxygen atoms in total. The summed E-state index contributed by atoms with van der Waals surface area (Å²) in [6.45, 7) is 2.38. The number of pyridine rings is 1. The number of nitrogens with zero attached hydrogens (tertiary/aromatic N) is 5. The molecule has 0 radical (unpaired) electrons. The van der Waals surface area contributed by atoms with Gasteiger partial charge in [-0.25, -0.2) is 0 Å². The van der Waals surface area contributed by atoms with Crippen molar-refractivity contribution in [1.29, 1.82) is 0 Å². The molecule has 0 saturated heterocycles. The maximum Gasteiger partial charge on any atom is 0.224 e. The lowest BCUT2D eigenvalue weighted by molar-refractivity contribution is -0.120. The highest BCUT2D eigenvalue weighted by Crippen LogP contribution is 2.14. The molecule has 1 N–H and O–H groups in total. The molecule has 2 heterocycles. The number of rotatable bonds is 8. The van der Waals surface area contributed by atoms with Crippen molar-refractivity contribution in [1.82, 2.24) is 30.7 Å². The normalized spacial score (nSPS) is 10.6. The third-order valence-electron chi connectivity index (χ3n) is 3.70. The van der Waals surface area contributed by atoms with Gasteiger partial charge in [-0.1, -0.05) is 30.3 Å². The number of aromatic nitrogens is 5. The Labute approximate surface area is 162 Å². The van der Waals surface area contributed by atoms with Gasteiger partial charge in [0.05, 0.1) is 12.1 Å². The fraction of sp³-hybridized carbons (Fsp3) is 0.263. The minimum Gasteiger partial charge on any atom is -0.355 e. The molecule has 0 bridgehead atoms. The van der Waals surface area contributed by atoms with Gasteiger partial charge in [-0.3, -0.25) is 9.78 Å². The number of hydrogen-bond donors (Lipinski definition) is 1. The molecule has 0 spiro atoms. The largest absolute Gasteiger partial charge is 0.355 e. The van der Waals surface area contributed by atoms with Crippen molar-refractivity contribution in [3.05, 3.63) is 65.7 Å². The first-order valence-electron chi connectivity index (χ1n) is 8.58. The maximum atomic E-state index is 12.1. The van der Waals surface area contributed by atoms with Crippen LogP contribution in [0.3, 0.4) is 0 Å². The molecule has 1 aromatic carbocycles. The number of carbonyl (C=O) groups is 1. The van der Waals surface area contributed by atoms with Crippen LogP contribution in [0.15, 0.2) is 48.7 Å². The van der Waals surface area contributed by atoms with Crippen molar-refractivity contribution in [3.63, 3.8) is 0 Å². The van der Waals surface area contributed by atoms with Gasteiger partial charge in [-0.15, -0.1) is 20.4 Å². The van der Waals surface area contributed by atoms with E-state index in [0.29, 0.717) is 24.6 Å². The van der Waals surface area contributed by atoms with E-state index >= 15 is 0 Å². The summed E-state index contributed by atoms with van der Waals surface area (Å²) < 4.78 is 0. The molecule has 0 atom stereocenters. The van der Waals surface area contributed by atoms with Crippen molar-refractivity contribution in [3.8, 4) is 11.4 Å². The first-order chi connectivity index (χ1) is 13.2. The van der Waals surface area contributed by atoms with E-state index in [2.05, 4.69) is 30.7 Å². The van der Waals surface area contributed by atoms with E-state index in [-0.39, 0.29) is 5.91 Å². The maximum absolute atomic E-state index is 12.1. The summed E-state index contributed by atoms with van der Waals surface area (Å²) in [5.74, 6) is 2.72. The van der Waals surface area contributed by atoms with Crippen LogP contribution in [-0.2, 0) is 17.0 Å². The Kier molecular flexibility index (Phi) is 6.81. The van der Waals surface area contributed by atoms with Crippen LogP contribution in [0.1, 0.15) is 17.1 Å². The van der Waals surface area contributed by atoms with Crippen LogP contribution in [-0.4, -0.2) is 43.6 Å². The molecule has 138 valence electrons. The molecule has 0 unspecified atom stereocenters. The standard InChI is InChI=1S/C19H20N6OS/c1-14-22-24-19(25-23-14)16-7-5-15(6-8-16)12-18(26)21-10-11-27-13-17-4-2-3-9-20-17/h2-9H,10-13H2,1H3,(H,21,26). The second-order valence-corrected chi connectivity index (χ2v) is 6.97. The predicted octanol–water partition coefficient (Wildman–Crippen LogP) is 2.23. The Morgan fingerprint density at radius 3 is 2.52 bits per heavy atom. The molecule has 0 fully saturated rings. The number of hydrogen-bond acceptors (Lipinski definition) is 7. The Bertz CT molecular complexity index is 856. The van der Waals surface area contributed by atoms with Gasteiger partial charge in [0.25, 0.3) is 0 Å². The predicted molar refractivity (Wildman–Crippen MR) is 105 cm³/mol. The second kappa shape index (κ2) is 9.72. The average molecular weight is 380 g/mol. The Balaban J connectivity index is 1.39. The van der Waals surface area contributed by atoms with Gasteiger partial charge >= 0.3 is 0 Å². The number of thioether (sulfide) groups is 1. The summed E-state index contributed by atoms with van der Waals surface area (Å²) in [5, 5.41) is 18.8. The van der Waals surface area contributed by atoms with Crippen molar-refractivity contribution >= 4 is 17.7 Å². The molecule has 0 aliphatic heterocycles. The molecule has 27 heavy (non-hydrogen) atoms. The molecular weight excluding hydrogens is 360 g/mol. The molecule has 8 heteroatoms. The molecule has 0 aliphatic carbocycles. The van der Waals surface area contributed by atoms with E-state index in [1.807, 2.05) is 42.5 Å². The topological polar surface area (TPSA) is 93.6 Å². The number of carbonyl (C=O) groups excluding carboxylic acids is 1. The van der Waals surface area contributed by atoms with Crippen LogP contribution >= 0.6 is 11.8 Å². The molecular formula is C19H20N6OS. The molecule has 0 aliphatic rings. The smallest absolute Gasteiger partial charge is 0.224 e. The number of benzene rings is 1. The lowest BCUT2D eigenvalue weighted by Gasteiger charge is -2.06. The van der Waals surface area contributed by atoms with Gasteiger partial charge in [0.2, 0.25) is 11.7 Å². The highest BCUT2D eigenvalue weighted by molar-refractivity contribution is 7.98. The van der Waals surface area contributed by atoms with Gasteiger partial charge in [0.1, 0.15) is 0 Å². The lowest BCUT2D eigenvalue weighted by atomic mass is 10.1. The third-order valence-corrected chi connectivity index (χ3v) is 4.69. The zero-order chi connectivity index (χ0) is 18.9. The summed E-state index contributed by atoms with van der Waals surface area (Å²) in [6.07, 6.45) is 2.14. The van der Waals surface area contributed by atoms with Gasteiger partial charge in [0.15, 0.2) is 5.82 Å². The Morgan fingerprint density at radius 2 is 1.81 bits per heavy atom. The highest BCUT2D eigenvalue weighted by Gasteiger charge is 2.06. The molecule has 3 aromatic rings. The van der Waals surface area contributed by atoms with Crippen molar-refractivity contribution in [2.24, 2.45) is 0 Å². The number of aryl methyl sites for hydroxylation is 1. The first-order valence-corrected chi connectivity index (χ1v) is 9.74. The van der Waals surface area contributed by atoms with E-state index in [1.54, 1.807) is 24.9 Å². The lowest BCUT2D eigenvalue weighted by Crippen LogP contribution is -2.27. The quantitative estimate of drug-likeness (QED) is 0.599. The van der Waals surface area contributed by atoms with Crippen molar-refractivity contribution in [2.45, 2.75) is 19.1 Å². The number of nitrogens with one attached hydrogen (secondary N) is 1. The minimum atomic E-state index is 0.0103. The van der Waals surface area contributed by atoms with E-state index < -0.39 is 0 Å². The van der Waals surface area contributed by atoms with Gasteiger partial charge in [-0.2, -0.15) is 11.8 Å². The van der Waals surface area contributed by atoms with Crippen LogP contribution in [0.25, 0.3) is 11.4 Å². The monoisotopic (exact) mass is 380 g/mol. The molecule has 1 amide bonds. The third kappa shape index (κ3) is 6.10. The molecule has 0 saturated carbocycles. The van der Waals surface area contributed by atoms with E-state index in [9.17, 15) is 4.79 Å². The summed E-state index contributed by atoms with van der Waals surface area (Å²) in [4.78, 5) is 16.3. The van der Waals surface area contributed by atoms with Crippen LogP contribution < -0.4 is 5.32 Å². The van der Waals surface area contributed by atoms with Gasteiger partial charge in [-0.05, 0) is 24.6 Å². The Hall–Kier alpha value is -2.87. The fourth-order valence-electron chi connectivity index (χ4n) is 2.34. The van der Waals surface area contributed by atoms with Crippen LogP contribution in [0, 0.1) is 6.92 Å². The highest BCUT2D eigenvalue weighted by atomic mass is 32.2. The molecule has 2 aromatic heterocycles. The minimum absolute atomic E-state index is 0.0103. The van der Waals surface area contributed by atoms with Crippen molar-refractivity contribution < 1.29 is 4.79 Å². The summed E-state index contributed by atoms with van der Waals surface area (Å²) in [5.41, 5.74) is 2.81. The van der Waals surface area contributed by atoms with Crippen LogP contribution in [0.5, 0.6) is 0 Å². The van der Waals surface area contributed by atoms with E-state index in [0.717, 1.165) is 28.3 Å². The van der Waals surface area contributed by atoms with Gasteiger partial charge in [0, 0.05) is 29.8 Å². The van der Waals surface area contributed by atoms with Crippen LogP contribution in [0.4, 0.5) is 0 Å². The van der Waals surface area contributed by atoms with Gasteiger partial charge < -0.3 is 5.32 Å². The SMILES string of the molecule is Cc1nnc(-c2ccc(CC(=O)NCCSCc3ccccn3)cc2)nn1. The summed E-state index contributed by atoms with van der Waals surface area (Å²) >= 11 is 1.75. The summed E-state index contributed by atoms with van der Waals surface area (Å²) in [6, 6.07) is 13.4. The second-order valence-electron chi connectivity index (χ2n) is 5.87. The number of amides is 1. The molecule has 3 rings (SSSR count). The average Bonchev–Trinajstić information content (AvgIpc) is 2.70. The fourth-order valence-corrected chi connectivity index (χ4v) is 3.11. The van der Waals surface area contributed by atoms with Crippen LogP contribution in [0.2, 0.25) is 0 Å². The van der Waals surface area contributed by atoms with E-state index in [1.165, 1.54) is 0 Å².